The summed E-state index contributed by atoms with van der Waals surface area (Å²) in [5.41, 5.74) is 1.32. The van der Waals surface area contributed by atoms with Gasteiger partial charge in [-0.1, -0.05) is 48.0 Å². The van der Waals surface area contributed by atoms with Gasteiger partial charge in [-0.25, -0.2) is 0 Å². The molecule has 0 atom stereocenters. The van der Waals surface area contributed by atoms with E-state index in [0.717, 1.165) is 6.42 Å². The Bertz CT molecular complexity index is 263. The van der Waals surface area contributed by atoms with Gasteiger partial charge in [0.2, 0.25) is 0 Å². The molecular weight excluding hydrogens is 232 g/mol. The van der Waals surface area contributed by atoms with E-state index in [1.807, 2.05) is 6.07 Å². The van der Waals surface area contributed by atoms with E-state index < -0.39 is 0 Å². The van der Waals surface area contributed by atoms with E-state index in [2.05, 4.69) is 60.6 Å². The first-order valence-electron chi connectivity index (χ1n) is 3.95. The molecule has 2 heteroatoms. The Hall–Kier alpha value is 0.0500. The first-order valence-corrected chi connectivity index (χ1v) is 5.19. The maximum Gasteiger partial charge on any atom is 0.0207 e. The molecule has 0 N–H and O–H groups in total. The Morgan fingerprint density at radius 1 is 1.33 bits per heavy atom. The maximum atomic E-state index is 4.49. The van der Waals surface area contributed by atoms with Gasteiger partial charge in [0.1, 0.15) is 0 Å². The van der Waals surface area contributed by atoms with Crippen LogP contribution in [0, 0.1) is 0 Å². The molecule has 66 valence electrons. The summed E-state index contributed by atoms with van der Waals surface area (Å²) < 4.78 is 1.23. The molecule has 1 rings (SSSR count). The number of benzene rings is 1. The second kappa shape index (κ2) is 3.84. The van der Waals surface area contributed by atoms with E-state index in [1.165, 1.54) is 10.0 Å². The molecular formula is C10H13BrS. The van der Waals surface area contributed by atoms with Crippen molar-refractivity contribution in [1.29, 1.82) is 0 Å². The van der Waals surface area contributed by atoms with Gasteiger partial charge < -0.3 is 0 Å². The summed E-state index contributed by atoms with van der Waals surface area (Å²) in [6, 6.07) is 8.27. The average Bonchev–Trinajstić information content (AvgIpc) is 1.91. The average molecular weight is 245 g/mol. The van der Waals surface area contributed by atoms with Gasteiger partial charge in [-0.15, -0.1) is 0 Å². The van der Waals surface area contributed by atoms with E-state index >= 15 is 0 Å². The minimum absolute atomic E-state index is 0.0594. The standard InChI is InChI=1S/C10H13BrS/c1-10(2,12)7-8-5-3-4-6-9(8)11/h3-6,12H,7H2,1-2H3. The van der Waals surface area contributed by atoms with Crippen molar-refractivity contribution in [3.8, 4) is 0 Å². The largest absolute Gasteiger partial charge is 0.173 e. The van der Waals surface area contributed by atoms with Crippen molar-refractivity contribution in [3.63, 3.8) is 0 Å². The van der Waals surface area contributed by atoms with Crippen molar-refractivity contribution in [1.82, 2.24) is 0 Å². The van der Waals surface area contributed by atoms with Crippen LogP contribution in [0.4, 0.5) is 0 Å². The van der Waals surface area contributed by atoms with Crippen LogP contribution in [0.25, 0.3) is 0 Å². The lowest BCUT2D eigenvalue weighted by Crippen LogP contribution is -2.14. The van der Waals surface area contributed by atoms with Gasteiger partial charge in [0.25, 0.3) is 0 Å². The monoisotopic (exact) mass is 244 g/mol. The Kier molecular flexibility index (Phi) is 3.24. The van der Waals surface area contributed by atoms with Crippen molar-refractivity contribution < 1.29 is 0 Å². The van der Waals surface area contributed by atoms with Gasteiger partial charge >= 0.3 is 0 Å². The molecule has 0 saturated carbocycles. The summed E-state index contributed by atoms with van der Waals surface area (Å²) in [5.74, 6) is 0. The molecule has 0 aliphatic heterocycles. The smallest absolute Gasteiger partial charge is 0.0207 e. The second-order valence-electron chi connectivity index (χ2n) is 3.58. The van der Waals surface area contributed by atoms with Crippen molar-refractivity contribution in [2.45, 2.75) is 25.0 Å². The molecule has 0 saturated heterocycles. The molecule has 0 aromatic heterocycles. The zero-order valence-corrected chi connectivity index (χ0v) is 9.82. The zero-order valence-electron chi connectivity index (χ0n) is 7.34. The minimum atomic E-state index is 0.0594. The number of thiol groups is 1. The molecule has 0 unspecified atom stereocenters. The van der Waals surface area contributed by atoms with Gasteiger partial charge in [-0.3, -0.25) is 0 Å². The van der Waals surface area contributed by atoms with Gasteiger partial charge in [0.15, 0.2) is 0 Å². The zero-order chi connectivity index (χ0) is 9.19. The van der Waals surface area contributed by atoms with Crippen LogP contribution in [0.1, 0.15) is 19.4 Å². The number of rotatable bonds is 2. The lowest BCUT2D eigenvalue weighted by Gasteiger charge is -2.17. The Morgan fingerprint density at radius 2 is 1.92 bits per heavy atom. The third-order valence-electron chi connectivity index (χ3n) is 1.58. The van der Waals surface area contributed by atoms with E-state index in [9.17, 15) is 0 Å². The van der Waals surface area contributed by atoms with Crippen molar-refractivity contribution >= 4 is 28.6 Å². The maximum absolute atomic E-state index is 4.49. The van der Waals surface area contributed by atoms with Crippen LogP contribution in [-0.4, -0.2) is 4.75 Å². The molecule has 12 heavy (non-hydrogen) atoms. The highest BCUT2D eigenvalue weighted by atomic mass is 79.9. The molecule has 1 aromatic carbocycles. The molecule has 0 aliphatic rings. The number of hydrogen-bond donors (Lipinski definition) is 1. The fraction of sp³-hybridized carbons (Fsp3) is 0.400. The highest BCUT2D eigenvalue weighted by molar-refractivity contribution is 9.10. The van der Waals surface area contributed by atoms with Crippen LogP contribution in [0.5, 0.6) is 0 Å². The number of halogens is 1. The van der Waals surface area contributed by atoms with Crippen LogP contribution in [0.3, 0.4) is 0 Å². The van der Waals surface area contributed by atoms with Crippen LogP contribution >= 0.6 is 28.6 Å². The normalized spacial score (nSPS) is 11.7. The fourth-order valence-electron chi connectivity index (χ4n) is 1.11. The summed E-state index contributed by atoms with van der Waals surface area (Å²) in [5, 5.41) is 0. The summed E-state index contributed by atoms with van der Waals surface area (Å²) >= 11 is 8.01. The molecule has 0 nitrogen and oxygen atoms in total. The summed E-state index contributed by atoms with van der Waals surface area (Å²) in [4.78, 5) is 0. The highest BCUT2D eigenvalue weighted by Gasteiger charge is 2.13. The van der Waals surface area contributed by atoms with Crippen LogP contribution in [0.15, 0.2) is 28.7 Å². The van der Waals surface area contributed by atoms with Crippen molar-refractivity contribution in [2.24, 2.45) is 0 Å². The fourth-order valence-corrected chi connectivity index (χ4v) is 1.70. The lowest BCUT2D eigenvalue weighted by molar-refractivity contribution is 0.713. The lowest BCUT2D eigenvalue weighted by atomic mass is 10.0. The second-order valence-corrected chi connectivity index (χ2v) is 5.65. The summed E-state index contributed by atoms with van der Waals surface area (Å²) in [6.07, 6.45) is 0.984. The van der Waals surface area contributed by atoms with Gasteiger partial charge in [-0.05, 0) is 18.1 Å². The quantitative estimate of drug-likeness (QED) is 0.754. The van der Waals surface area contributed by atoms with Crippen molar-refractivity contribution in [3.05, 3.63) is 34.3 Å². The molecule has 0 spiro atoms. The molecule has 0 fully saturated rings. The van der Waals surface area contributed by atoms with E-state index in [1.54, 1.807) is 0 Å². The minimum Gasteiger partial charge on any atom is -0.173 e. The third kappa shape index (κ3) is 3.20. The van der Waals surface area contributed by atoms with E-state index in [-0.39, 0.29) is 4.75 Å². The molecule has 0 bridgehead atoms. The topological polar surface area (TPSA) is 0 Å². The Morgan fingerprint density at radius 3 is 2.42 bits per heavy atom. The first kappa shape index (κ1) is 10.1. The first-order chi connectivity index (χ1) is 5.49. The predicted molar refractivity (Wildman–Crippen MR) is 60.9 cm³/mol. The van der Waals surface area contributed by atoms with Gasteiger partial charge in [0.05, 0.1) is 0 Å². The Labute approximate surface area is 87.9 Å². The molecule has 1 aromatic rings. The van der Waals surface area contributed by atoms with Crippen LogP contribution in [0.2, 0.25) is 0 Å². The van der Waals surface area contributed by atoms with Crippen LogP contribution in [-0.2, 0) is 6.42 Å². The molecule has 0 amide bonds. The molecule has 0 radical (unpaired) electrons. The van der Waals surface area contributed by atoms with E-state index in [4.69, 9.17) is 0 Å². The summed E-state index contributed by atoms with van der Waals surface area (Å²) in [7, 11) is 0. The number of hydrogen-bond acceptors (Lipinski definition) is 1. The molecule has 0 heterocycles. The third-order valence-corrected chi connectivity index (χ3v) is 2.51. The summed E-state index contributed by atoms with van der Waals surface area (Å²) in [6.45, 7) is 4.24. The predicted octanol–water partition coefficient (Wildman–Crippen LogP) is 3.70. The van der Waals surface area contributed by atoms with Crippen molar-refractivity contribution in [2.75, 3.05) is 0 Å². The van der Waals surface area contributed by atoms with Gasteiger partial charge in [0, 0.05) is 9.22 Å². The van der Waals surface area contributed by atoms with Crippen LogP contribution < -0.4 is 0 Å². The molecule has 0 aliphatic carbocycles. The highest BCUT2D eigenvalue weighted by Crippen LogP contribution is 2.24. The van der Waals surface area contributed by atoms with E-state index in [0.29, 0.717) is 0 Å². The Balaban J connectivity index is 2.83. The SMILES string of the molecule is CC(C)(S)Cc1ccccc1Br. The van der Waals surface area contributed by atoms with Gasteiger partial charge in [-0.2, -0.15) is 12.6 Å².